The van der Waals surface area contributed by atoms with Crippen molar-refractivity contribution in [3.63, 3.8) is 0 Å². The van der Waals surface area contributed by atoms with E-state index in [0.717, 1.165) is 0 Å². The van der Waals surface area contributed by atoms with Gasteiger partial charge < -0.3 is 19.3 Å². The molecule has 0 aromatic carbocycles. The first kappa shape index (κ1) is 18.4. The Balaban J connectivity index is 2.21. The zero-order valence-electron chi connectivity index (χ0n) is 15.2. The summed E-state index contributed by atoms with van der Waals surface area (Å²) in [5, 5.41) is 9.94. The summed E-state index contributed by atoms with van der Waals surface area (Å²) >= 11 is 0. The molecule has 3 heterocycles. The van der Waals surface area contributed by atoms with E-state index in [1.807, 2.05) is 6.92 Å². The van der Waals surface area contributed by atoms with E-state index < -0.39 is 29.9 Å². The highest BCUT2D eigenvalue weighted by Crippen LogP contribution is 2.48. The molecule has 0 aliphatic carbocycles. The average molecular weight is 360 g/mol. The van der Waals surface area contributed by atoms with Crippen LogP contribution in [0.1, 0.15) is 37.6 Å². The molecule has 0 unspecified atom stereocenters. The van der Waals surface area contributed by atoms with Crippen LogP contribution in [0.5, 0.6) is 0 Å². The van der Waals surface area contributed by atoms with Crippen LogP contribution in [0.4, 0.5) is 0 Å². The number of hydrogen-bond donors (Lipinski definition) is 1. The Labute approximate surface area is 151 Å². The van der Waals surface area contributed by atoms with E-state index in [4.69, 9.17) is 4.74 Å². The summed E-state index contributed by atoms with van der Waals surface area (Å²) in [7, 11) is 1.30. The minimum atomic E-state index is -0.689. The number of amides is 1. The second-order valence-corrected chi connectivity index (χ2v) is 6.69. The molecule has 140 valence electrons. The monoisotopic (exact) mass is 360 g/mol. The Kier molecular flexibility index (Phi) is 5.00. The summed E-state index contributed by atoms with van der Waals surface area (Å²) in [6.45, 7) is 3.61. The number of hydrogen-bond acceptors (Lipinski definition) is 5. The molecule has 0 spiro atoms. The fourth-order valence-corrected chi connectivity index (χ4v) is 4.36. The van der Waals surface area contributed by atoms with Gasteiger partial charge in [0.1, 0.15) is 0 Å². The van der Waals surface area contributed by atoms with E-state index in [1.54, 1.807) is 40.7 Å². The highest BCUT2D eigenvalue weighted by molar-refractivity contribution is 5.81. The number of allylic oxidation sites excluding steroid dienone is 1. The normalized spacial score (nSPS) is 26.8. The number of aliphatic hydroxyl groups excluding tert-OH is 1. The van der Waals surface area contributed by atoms with Gasteiger partial charge in [0.05, 0.1) is 25.1 Å². The average Bonchev–Trinajstić information content (AvgIpc) is 2.90. The summed E-state index contributed by atoms with van der Waals surface area (Å²) < 4.78 is 6.59. The smallest absolute Gasteiger partial charge is 0.311 e. The molecule has 1 aromatic rings. The molecule has 1 fully saturated rings. The molecular formula is C19H24N2O5. The van der Waals surface area contributed by atoms with Gasteiger partial charge in [-0.3, -0.25) is 14.4 Å². The lowest BCUT2D eigenvalue weighted by Crippen LogP contribution is -2.49. The Hall–Kier alpha value is -2.41. The molecule has 26 heavy (non-hydrogen) atoms. The zero-order chi connectivity index (χ0) is 19.0. The van der Waals surface area contributed by atoms with Crippen LogP contribution < -0.4 is 5.56 Å². The second kappa shape index (κ2) is 7.07. The van der Waals surface area contributed by atoms with Gasteiger partial charge in [0.15, 0.2) is 0 Å². The number of nitrogens with zero attached hydrogens (tertiary/aromatic N) is 2. The first-order valence-electron chi connectivity index (χ1n) is 8.86. The van der Waals surface area contributed by atoms with Crippen LogP contribution >= 0.6 is 0 Å². The van der Waals surface area contributed by atoms with Crippen LogP contribution in [0.3, 0.4) is 0 Å². The lowest BCUT2D eigenvalue weighted by Gasteiger charge is -2.38. The number of aromatic nitrogens is 1. The molecule has 3 rings (SSSR count). The molecule has 1 saturated heterocycles. The lowest BCUT2D eigenvalue weighted by atomic mass is 9.87. The van der Waals surface area contributed by atoms with Crippen molar-refractivity contribution >= 4 is 18.0 Å². The molecule has 1 N–H and O–H groups in total. The Morgan fingerprint density at radius 1 is 1.38 bits per heavy atom. The Morgan fingerprint density at radius 2 is 2.12 bits per heavy atom. The van der Waals surface area contributed by atoms with Gasteiger partial charge in [-0.05, 0) is 19.1 Å². The Morgan fingerprint density at radius 3 is 2.69 bits per heavy atom. The highest BCUT2D eigenvalue weighted by Gasteiger charge is 2.57. The third kappa shape index (κ3) is 2.58. The number of aliphatic hydroxyl groups is 1. The molecule has 4 atom stereocenters. The Bertz CT molecular complexity index is 813. The number of fused-ring (bicyclic) bond motifs is 4. The van der Waals surface area contributed by atoms with E-state index in [0.29, 0.717) is 17.7 Å². The van der Waals surface area contributed by atoms with Crippen molar-refractivity contribution in [2.24, 2.45) is 11.8 Å². The predicted molar refractivity (Wildman–Crippen MR) is 95.2 cm³/mol. The predicted octanol–water partition coefficient (Wildman–Crippen LogP) is 0.955. The van der Waals surface area contributed by atoms with Crippen molar-refractivity contribution < 1.29 is 19.4 Å². The van der Waals surface area contributed by atoms with Crippen LogP contribution in [-0.4, -0.2) is 46.2 Å². The third-order valence-electron chi connectivity index (χ3n) is 5.48. The topological polar surface area (TPSA) is 88.8 Å². The fraction of sp³-hybridized carbons (Fsp3) is 0.526. The number of carbonyl (C=O) groups excluding carboxylic acids is 2. The van der Waals surface area contributed by atoms with E-state index in [1.165, 1.54) is 7.11 Å². The van der Waals surface area contributed by atoms with Gasteiger partial charge in [-0.2, -0.15) is 0 Å². The van der Waals surface area contributed by atoms with Crippen molar-refractivity contribution in [1.29, 1.82) is 0 Å². The SMILES string of the molecule is C/C=C/c1ccc2n(c1=O)C[C@@H]1[C@@H](CO)[C@H](C(=O)OC)[C@H]2N1C(=O)CC. The number of carbonyl (C=O) groups is 2. The van der Waals surface area contributed by atoms with E-state index in [9.17, 15) is 19.5 Å². The number of esters is 1. The van der Waals surface area contributed by atoms with E-state index in [-0.39, 0.29) is 24.6 Å². The molecule has 1 aromatic heterocycles. The maximum Gasteiger partial charge on any atom is 0.311 e. The van der Waals surface area contributed by atoms with Gasteiger partial charge >= 0.3 is 5.97 Å². The molecule has 1 amide bonds. The minimum absolute atomic E-state index is 0.0962. The summed E-state index contributed by atoms with van der Waals surface area (Å²) in [5.41, 5.74) is 1.02. The minimum Gasteiger partial charge on any atom is -0.469 e. The first-order valence-corrected chi connectivity index (χ1v) is 8.86. The van der Waals surface area contributed by atoms with Crippen LogP contribution in [-0.2, 0) is 20.9 Å². The van der Waals surface area contributed by atoms with Crippen LogP contribution in [0.25, 0.3) is 6.08 Å². The number of ether oxygens (including phenoxy) is 1. The lowest BCUT2D eigenvalue weighted by molar-refractivity contribution is -0.148. The number of pyridine rings is 1. The molecule has 7 nitrogen and oxygen atoms in total. The van der Waals surface area contributed by atoms with Gasteiger partial charge in [0, 0.05) is 36.7 Å². The van der Waals surface area contributed by atoms with Crippen LogP contribution in [0.2, 0.25) is 0 Å². The first-order chi connectivity index (χ1) is 12.5. The highest BCUT2D eigenvalue weighted by atomic mass is 16.5. The van der Waals surface area contributed by atoms with Gasteiger partial charge in [0.2, 0.25) is 5.91 Å². The summed E-state index contributed by atoms with van der Waals surface area (Å²) in [4.78, 5) is 39.6. The van der Waals surface area contributed by atoms with Crippen LogP contribution in [0.15, 0.2) is 23.0 Å². The molecular weight excluding hydrogens is 336 g/mol. The molecule has 2 aliphatic heterocycles. The molecule has 0 radical (unpaired) electrons. The zero-order valence-corrected chi connectivity index (χ0v) is 15.2. The van der Waals surface area contributed by atoms with E-state index >= 15 is 0 Å². The van der Waals surface area contributed by atoms with Crippen molar-refractivity contribution in [3.8, 4) is 0 Å². The van der Waals surface area contributed by atoms with E-state index in [2.05, 4.69) is 0 Å². The molecule has 0 saturated carbocycles. The summed E-state index contributed by atoms with van der Waals surface area (Å²) in [6, 6.07) is 2.50. The second-order valence-electron chi connectivity index (χ2n) is 6.69. The van der Waals surface area contributed by atoms with Gasteiger partial charge in [-0.25, -0.2) is 0 Å². The van der Waals surface area contributed by atoms with Crippen molar-refractivity contribution in [3.05, 3.63) is 39.8 Å². The quantitative estimate of drug-likeness (QED) is 0.808. The third-order valence-corrected chi connectivity index (χ3v) is 5.48. The molecule has 7 heteroatoms. The van der Waals surface area contributed by atoms with Gasteiger partial charge in [0.25, 0.3) is 5.56 Å². The summed E-state index contributed by atoms with van der Waals surface area (Å²) in [5.74, 6) is -1.72. The maximum absolute atomic E-state index is 12.8. The standard InChI is InChI=1S/C19H24N2O5/c1-4-6-11-7-8-13-17-16(19(25)26-3)12(10-22)14(9-20(13)18(11)24)21(17)15(23)5-2/h4,6-8,12,14,16-17,22H,5,9-10H2,1-3H3/b6-4+/t12-,14-,16+,17+/m1/s1. The van der Waals surface area contributed by atoms with Gasteiger partial charge in [-0.15, -0.1) is 0 Å². The number of rotatable bonds is 4. The van der Waals surface area contributed by atoms with Crippen molar-refractivity contribution in [1.82, 2.24) is 9.47 Å². The largest absolute Gasteiger partial charge is 0.469 e. The molecule has 2 aliphatic rings. The molecule has 2 bridgehead atoms. The fourth-order valence-electron chi connectivity index (χ4n) is 4.36. The number of methoxy groups -OCH3 is 1. The summed E-state index contributed by atoms with van der Waals surface area (Å²) in [6.07, 6.45) is 3.82. The van der Waals surface area contributed by atoms with Gasteiger partial charge in [-0.1, -0.05) is 19.1 Å². The van der Waals surface area contributed by atoms with Crippen LogP contribution in [0, 0.1) is 11.8 Å². The van der Waals surface area contributed by atoms with Crippen molar-refractivity contribution in [2.75, 3.05) is 13.7 Å². The maximum atomic E-state index is 12.8. The van der Waals surface area contributed by atoms with Crippen molar-refractivity contribution in [2.45, 2.75) is 38.9 Å².